The molecule has 23 heavy (non-hydrogen) atoms. The summed E-state index contributed by atoms with van der Waals surface area (Å²) in [4.78, 5) is 22.9. The minimum absolute atomic E-state index is 0.0178. The third kappa shape index (κ3) is 3.93. The number of hydrogen-bond acceptors (Lipinski definition) is 3. The summed E-state index contributed by atoms with van der Waals surface area (Å²) in [5.74, 6) is -1.15. The molecule has 0 unspecified atom stereocenters. The first-order chi connectivity index (χ1) is 11.1. The van der Waals surface area contributed by atoms with Crippen LogP contribution < -0.4 is 0 Å². The summed E-state index contributed by atoms with van der Waals surface area (Å²) >= 11 is 1.34. The minimum atomic E-state index is -1.19. The van der Waals surface area contributed by atoms with E-state index in [1.165, 1.54) is 11.8 Å². The highest BCUT2D eigenvalue weighted by atomic mass is 32.2. The van der Waals surface area contributed by atoms with E-state index in [-0.39, 0.29) is 12.2 Å². The van der Waals surface area contributed by atoms with Crippen LogP contribution in [0.3, 0.4) is 0 Å². The molecule has 2 rings (SSSR count). The molecule has 0 saturated carbocycles. The fourth-order valence-electron chi connectivity index (χ4n) is 2.47. The van der Waals surface area contributed by atoms with E-state index in [0.29, 0.717) is 16.9 Å². The summed E-state index contributed by atoms with van der Waals surface area (Å²) < 4.78 is 0. The van der Waals surface area contributed by atoms with Gasteiger partial charge in [-0.1, -0.05) is 60.7 Å². The molecule has 0 atom stereocenters. The van der Waals surface area contributed by atoms with E-state index in [0.717, 1.165) is 0 Å². The molecule has 2 aromatic rings. The highest BCUT2D eigenvalue weighted by molar-refractivity contribution is 7.99. The summed E-state index contributed by atoms with van der Waals surface area (Å²) in [5.41, 5.74) is 0.203. The summed E-state index contributed by atoms with van der Waals surface area (Å²) in [5, 5.41) is 18.8. The molecule has 120 valence electrons. The van der Waals surface area contributed by atoms with Crippen LogP contribution in [0.2, 0.25) is 0 Å². The van der Waals surface area contributed by atoms with Gasteiger partial charge in [0.2, 0.25) is 0 Å². The van der Waals surface area contributed by atoms with Crippen molar-refractivity contribution in [3.05, 3.63) is 71.8 Å². The van der Waals surface area contributed by atoms with Gasteiger partial charge in [-0.2, -0.15) is 11.8 Å². The van der Waals surface area contributed by atoms with Gasteiger partial charge >= 0.3 is 11.9 Å². The zero-order valence-electron chi connectivity index (χ0n) is 12.5. The van der Waals surface area contributed by atoms with Crippen molar-refractivity contribution in [3.63, 3.8) is 0 Å². The summed E-state index contributed by atoms with van der Waals surface area (Å²) in [6, 6.07) is 18.2. The molecule has 5 heteroatoms. The molecular formula is C18H18O4S. The Hall–Kier alpha value is -2.27. The average molecular weight is 330 g/mol. The Balaban J connectivity index is 2.40. The van der Waals surface area contributed by atoms with E-state index < -0.39 is 17.4 Å². The van der Waals surface area contributed by atoms with Gasteiger partial charge in [-0.05, 0) is 11.1 Å². The second-order valence-corrected chi connectivity index (χ2v) is 6.24. The lowest BCUT2D eigenvalue weighted by Crippen LogP contribution is -2.39. The third-order valence-corrected chi connectivity index (χ3v) is 4.81. The second kappa shape index (κ2) is 7.83. The predicted octanol–water partition coefficient (Wildman–Crippen LogP) is 3.27. The van der Waals surface area contributed by atoms with Gasteiger partial charge in [0, 0.05) is 11.5 Å². The van der Waals surface area contributed by atoms with Gasteiger partial charge in [0.1, 0.15) is 5.41 Å². The molecule has 0 amide bonds. The number of carboxylic acids is 2. The second-order valence-electron chi connectivity index (χ2n) is 5.14. The molecule has 0 aliphatic carbocycles. The first kappa shape index (κ1) is 17.1. The molecule has 4 nitrogen and oxygen atoms in total. The summed E-state index contributed by atoms with van der Waals surface area (Å²) in [6.07, 6.45) is 0.0178. The molecule has 0 aliphatic heterocycles. The lowest BCUT2D eigenvalue weighted by atomic mass is 9.76. The van der Waals surface area contributed by atoms with Gasteiger partial charge in [0.05, 0.1) is 6.42 Å². The van der Waals surface area contributed by atoms with Crippen molar-refractivity contribution >= 4 is 23.7 Å². The Morgan fingerprint density at radius 3 is 1.74 bits per heavy atom. The zero-order chi connectivity index (χ0) is 16.7. The van der Waals surface area contributed by atoms with Crippen LogP contribution in [0.5, 0.6) is 0 Å². The van der Waals surface area contributed by atoms with Crippen LogP contribution >= 0.6 is 11.8 Å². The normalized spacial score (nSPS) is 11.1. The van der Waals surface area contributed by atoms with Gasteiger partial charge in [-0.15, -0.1) is 0 Å². The fraction of sp³-hybridized carbons (Fsp3) is 0.222. The maximum atomic E-state index is 12.2. The molecule has 2 N–H and O–H groups in total. The van der Waals surface area contributed by atoms with Gasteiger partial charge in [-0.3, -0.25) is 9.59 Å². The monoisotopic (exact) mass is 330 g/mol. The van der Waals surface area contributed by atoms with Gasteiger partial charge in [0.15, 0.2) is 0 Å². The molecule has 0 saturated heterocycles. The van der Waals surface area contributed by atoms with Crippen molar-refractivity contribution < 1.29 is 19.8 Å². The van der Waals surface area contributed by atoms with Crippen molar-refractivity contribution in [3.8, 4) is 0 Å². The first-order valence-electron chi connectivity index (χ1n) is 7.21. The topological polar surface area (TPSA) is 74.6 Å². The van der Waals surface area contributed by atoms with Crippen molar-refractivity contribution in [2.45, 2.75) is 11.8 Å². The molecule has 0 heterocycles. The molecule has 0 aliphatic rings. The molecule has 0 radical (unpaired) electrons. The highest BCUT2D eigenvalue weighted by Gasteiger charge is 2.42. The maximum absolute atomic E-state index is 12.2. The van der Waals surface area contributed by atoms with E-state index in [1.54, 1.807) is 24.3 Å². The molecule has 0 fully saturated rings. The van der Waals surface area contributed by atoms with Gasteiger partial charge in [0.25, 0.3) is 0 Å². The van der Waals surface area contributed by atoms with E-state index in [9.17, 15) is 14.7 Å². The molecule has 0 bridgehead atoms. The van der Waals surface area contributed by atoms with Crippen LogP contribution in [0.4, 0.5) is 0 Å². The number of carboxylic acid groups (broad SMARTS) is 2. The first-order valence-corrected chi connectivity index (χ1v) is 8.37. The van der Waals surface area contributed by atoms with Crippen LogP contribution in [-0.4, -0.2) is 33.7 Å². The number of hydrogen-bond donors (Lipinski definition) is 2. The van der Waals surface area contributed by atoms with Crippen molar-refractivity contribution in [2.24, 2.45) is 0 Å². The van der Waals surface area contributed by atoms with E-state index in [2.05, 4.69) is 0 Å². The van der Waals surface area contributed by atoms with E-state index >= 15 is 0 Å². The molecule has 0 aromatic heterocycles. The standard InChI is InChI=1S/C18H18O4S/c19-16(20)11-12-23-13-18(17(21)22,14-7-3-1-4-8-14)15-9-5-2-6-10-15/h1-10H,11-13H2,(H,19,20)(H,21,22). The van der Waals surface area contributed by atoms with Crippen LogP contribution in [-0.2, 0) is 15.0 Å². The van der Waals surface area contributed by atoms with Crippen LogP contribution in [0.25, 0.3) is 0 Å². The van der Waals surface area contributed by atoms with Gasteiger partial charge in [-0.25, -0.2) is 0 Å². The quantitative estimate of drug-likeness (QED) is 0.727. The van der Waals surface area contributed by atoms with Crippen molar-refractivity contribution in [1.29, 1.82) is 0 Å². The lowest BCUT2D eigenvalue weighted by molar-refractivity contribution is -0.141. The Morgan fingerprint density at radius 2 is 1.35 bits per heavy atom. The number of thioether (sulfide) groups is 1. The number of benzene rings is 2. The molecular weight excluding hydrogens is 312 g/mol. The predicted molar refractivity (Wildman–Crippen MR) is 90.9 cm³/mol. The largest absolute Gasteiger partial charge is 0.481 e. The Bertz CT molecular complexity index is 616. The smallest absolute Gasteiger partial charge is 0.319 e. The SMILES string of the molecule is O=C(O)CCSCC(C(=O)O)(c1ccccc1)c1ccccc1. The van der Waals surface area contributed by atoms with Crippen molar-refractivity contribution in [2.75, 3.05) is 11.5 Å². The lowest BCUT2D eigenvalue weighted by Gasteiger charge is -2.30. The van der Waals surface area contributed by atoms with Crippen molar-refractivity contribution in [1.82, 2.24) is 0 Å². The molecule has 0 spiro atoms. The molecule has 2 aromatic carbocycles. The van der Waals surface area contributed by atoms with E-state index in [1.807, 2.05) is 36.4 Å². The highest BCUT2D eigenvalue weighted by Crippen LogP contribution is 2.36. The average Bonchev–Trinajstić information content (AvgIpc) is 2.56. The Kier molecular flexibility index (Phi) is 5.82. The van der Waals surface area contributed by atoms with Crippen LogP contribution in [0.15, 0.2) is 60.7 Å². The third-order valence-electron chi connectivity index (χ3n) is 3.68. The Morgan fingerprint density at radius 1 is 0.870 bits per heavy atom. The maximum Gasteiger partial charge on any atom is 0.319 e. The number of aliphatic carboxylic acids is 2. The fourth-order valence-corrected chi connectivity index (χ4v) is 3.70. The summed E-state index contributed by atoms with van der Waals surface area (Å²) in [7, 11) is 0. The Labute approximate surface area is 139 Å². The number of rotatable bonds is 8. The van der Waals surface area contributed by atoms with Gasteiger partial charge < -0.3 is 10.2 Å². The zero-order valence-corrected chi connectivity index (χ0v) is 13.3. The minimum Gasteiger partial charge on any atom is -0.481 e. The number of carbonyl (C=O) groups is 2. The van der Waals surface area contributed by atoms with E-state index in [4.69, 9.17) is 5.11 Å². The summed E-state index contributed by atoms with van der Waals surface area (Å²) in [6.45, 7) is 0. The van der Waals surface area contributed by atoms with Crippen LogP contribution in [0.1, 0.15) is 17.5 Å². The van der Waals surface area contributed by atoms with Crippen LogP contribution in [0, 0.1) is 0 Å².